The van der Waals surface area contributed by atoms with Gasteiger partial charge in [0.2, 0.25) is 0 Å². The molecule has 1 atom stereocenters. The largest absolute Gasteiger partial charge is 0.465 e. The summed E-state index contributed by atoms with van der Waals surface area (Å²) in [5.74, 6) is -0.175. The van der Waals surface area contributed by atoms with E-state index in [9.17, 15) is 4.79 Å². The van der Waals surface area contributed by atoms with Crippen LogP contribution in [0.2, 0.25) is 0 Å². The number of hydrogen-bond acceptors (Lipinski definition) is 4. The number of hydrogen-bond donors (Lipinski definition) is 0. The standard InChI is InChI=1S/C14H25N3O2/c1-5-12(4)17-9-8-13(15-17)10-16(6-2)11-14(18)19-7-3/h8-9,12H,5-7,10-11H2,1-4H3. The Hall–Kier alpha value is -1.36. The average Bonchev–Trinajstić information content (AvgIpc) is 2.85. The molecule has 0 aliphatic heterocycles. The predicted molar refractivity (Wildman–Crippen MR) is 74.8 cm³/mol. The summed E-state index contributed by atoms with van der Waals surface area (Å²) in [5, 5.41) is 4.54. The highest BCUT2D eigenvalue weighted by Crippen LogP contribution is 2.10. The third-order valence-corrected chi connectivity index (χ3v) is 3.20. The third-order valence-electron chi connectivity index (χ3n) is 3.20. The van der Waals surface area contributed by atoms with Crippen LogP contribution in [-0.4, -0.2) is 40.3 Å². The third kappa shape index (κ3) is 5.03. The van der Waals surface area contributed by atoms with Crippen LogP contribution in [-0.2, 0) is 16.1 Å². The molecule has 5 heteroatoms. The highest BCUT2D eigenvalue weighted by atomic mass is 16.5. The van der Waals surface area contributed by atoms with Gasteiger partial charge in [-0.15, -0.1) is 0 Å². The molecule has 0 bridgehead atoms. The number of ether oxygens (including phenoxy) is 1. The molecule has 1 aromatic rings. The van der Waals surface area contributed by atoms with Crippen LogP contribution in [0, 0.1) is 0 Å². The Morgan fingerprint density at radius 3 is 2.79 bits per heavy atom. The molecule has 1 unspecified atom stereocenters. The number of rotatable bonds is 8. The van der Waals surface area contributed by atoms with Gasteiger partial charge in [-0.3, -0.25) is 14.4 Å². The zero-order valence-corrected chi connectivity index (χ0v) is 12.4. The lowest BCUT2D eigenvalue weighted by molar-refractivity contribution is -0.144. The minimum atomic E-state index is -0.175. The second kappa shape index (κ2) is 7.94. The molecule has 0 saturated carbocycles. The van der Waals surface area contributed by atoms with E-state index >= 15 is 0 Å². The molecule has 19 heavy (non-hydrogen) atoms. The molecule has 5 nitrogen and oxygen atoms in total. The van der Waals surface area contributed by atoms with Crippen molar-refractivity contribution in [2.24, 2.45) is 0 Å². The summed E-state index contributed by atoms with van der Waals surface area (Å²) in [6.07, 6.45) is 3.06. The van der Waals surface area contributed by atoms with E-state index in [0.717, 1.165) is 18.7 Å². The van der Waals surface area contributed by atoms with Crippen LogP contribution in [0.4, 0.5) is 0 Å². The molecule has 0 saturated heterocycles. The fraction of sp³-hybridized carbons (Fsp3) is 0.714. The van der Waals surface area contributed by atoms with E-state index in [1.54, 1.807) is 0 Å². The van der Waals surface area contributed by atoms with E-state index in [-0.39, 0.29) is 5.97 Å². The Labute approximate surface area is 115 Å². The van der Waals surface area contributed by atoms with Gasteiger partial charge in [-0.2, -0.15) is 5.10 Å². The van der Waals surface area contributed by atoms with Gasteiger partial charge >= 0.3 is 5.97 Å². The van der Waals surface area contributed by atoms with Crippen LogP contribution in [0.1, 0.15) is 45.9 Å². The van der Waals surface area contributed by atoms with Crippen molar-refractivity contribution in [3.05, 3.63) is 18.0 Å². The maximum Gasteiger partial charge on any atom is 0.320 e. The van der Waals surface area contributed by atoms with E-state index in [4.69, 9.17) is 4.74 Å². The van der Waals surface area contributed by atoms with Crippen LogP contribution in [0.3, 0.4) is 0 Å². The maximum atomic E-state index is 11.5. The van der Waals surface area contributed by atoms with Gasteiger partial charge in [-0.05, 0) is 32.9 Å². The summed E-state index contributed by atoms with van der Waals surface area (Å²) >= 11 is 0. The molecule has 0 spiro atoms. The summed E-state index contributed by atoms with van der Waals surface area (Å²) in [5.41, 5.74) is 0.992. The quantitative estimate of drug-likeness (QED) is 0.678. The van der Waals surface area contributed by atoms with Crippen molar-refractivity contribution < 1.29 is 9.53 Å². The van der Waals surface area contributed by atoms with Crippen molar-refractivity contribution in [3.63, 3.8) is 0 Å². The molecule has 1 aromatic heterocycles. The lowest BCUT2D eigenvalue weighted by Gasteiger charge is -2.18. The summed E-state index contributed by atoms with van der Waals surface area (Å²) in [6, 6.07) is 2.42. The topological polar surface area (TPSA) is 47.4 Å². The van der Waals surface area contributed by atoms with E-state index in [1.165, 1.54) is 0 Å². The minimum Gasteiger partial charge on any atom is -0.465 e. The second-order valence-electron chi connectivity index (χ2n) is 4.65. The van der Waals surface area contributed by atoms with Gasteiger partial charge in [0.25, 0.3) is 0 Å². The van der Waals surface area contributed by atoms with Crippen molar-refractivity contribution in [2.75, 3.05) is 19.7 Å². The van der Waals surface area contributed by atoms with E-state index in [1.807, 2.05) is 35.7 Å². The Bertz CT molecular complexity index is 390. The molecule has 0 amide bonds. The first-order chi connectivity index (χ1) is 9.10. The maximum absolute atomic E-state index is 11.5. The van der Waals surface area contributed by atoms with Gasteiger partial charge in [0.05, 0.1) is 18.8 Å². The summed E-state index contributed by atoms with van der Waals surface area (Å²) in [6.45, 7) is 10.4. The number of aromatic nitrogens is 2. The molecule has 0 aromatic carbocycles. The van der Waals surface area contributed by atoms with Crippen LogP contribution in [0.25, 0.3) is 0 Å². The van der Waals surface area contributed by atoms with Crippen molar-refractivity contribution in [2.45, 2.75) is 46.7 Å². The lowest BCUT2D eigenvalue weighted by Crippen LogP contribution is -2.30. The first-order valence-electron chi connectivity index (χ1n) is 7.02. The van der Waals surface area contributed by atoms with E-state index < -0.39 is 0 Å². The first-order valence-corrected chi connectivity index (χ1v) is 7.02. The molecule has 108 valence electrons. The van der Waals surface area contributed by atoms with Crippen molar-refractivity contribution in [1.29, 1.82) is 0 Å². The lowest BCUT2D eigenvalue weighted by atomic mass is 10.3. The zero-order valence-electron chi connectivity index (χ0n) is 12.4. The van der Waals surface area contributed by atoms with Crippen molar-refractivity contribution in [1.82, 2.24) is 14.7 Å². The molecule has 1 heterocycles. The first kappa shape index (κ1) is 15.7. The number of carbonyl (C=O) groups excluding carboxylic acids is 1. The van der Waals surface area contributed by atoms with Gasteiger partial charge in [-0.1, -0.05) is 13.8 Å². The Kier molecular flexibility index (Phi) is 6.56. The Morgan fingerprint density at radius 2 is 2.21 bits per heavy atom. The highest BCUT2D eigenvalue weighted by molar-refractivity contribution is 5.71. The van der Waals surface area contributed by atoms with Crippen LogP contribution in [0.15, 0.2) is 12.3 Å². The fourth-order valence-corrected chi connectivity index (χ4v) is 1.79. The summed E-state index contributed by atoms with van der Waals surface area (Å²) in [7, 11) is 0. The minimum absolute atomic E-state index is 0.175. The molecule has 0 N–H and O–H groups in total. The van der Waals surface area contributed by atoms with E-state index in [2.05, 4.69) is 18.9 Å². The number of carbonyl (C=O) groups is 1. The highest BCUT2D eigenvalue weighted by Gasteiger charge is 2.12. The zero-order chi connectivity index (χ0) is 14.3. The number of esters is 1. The van der Waals surface area contributed by atoms with Gasteiger partial charge in [-0.25, -0.2) is 0 Å². The Balaban J connectivity index is 2.55. The van der Waals surface area contributed by atoms with Crippen LogP contribution >= 0.6 is 0 Å². The van der Waals surface area contributed by atoms with Gasteiger partial charge in [0.15, 0.2) is 0 Å². The normalized spacial score (nSPS) is 12.7. The second-order valence-corrected chi connectivity index (χ2v) is 4.65. The van der Waals surface area contributed by atoms with Crippen molar-refractivity contribution in [3.8, 4) is 0 Å². The van der Waals surface area contributed by atoms with Crippen LogP contribution in [0.5, 0.6) is 0 Å². The Morgan fingerprint density at radius 1 is 1.47 bits per heavy atom. The molecule has 0 fully saturated rings. The molecule has 0 aliphatic rings. The fourth-order valence-electron chi connectivity index (χ4n) is 1.79. The number of nitrogens with zero attached hydrogens (tertiary/aromatic N) is 3. The summed E-state index contributed by atoms with van der Waals surface area (Å²) < 4.78 is 6.95. The molecular weight excluding hydrogens is 242 g/mol. The smallest absolute Gasteiger partial charge is 0.320 e. The monoisotopic (exact) mass is 267 g/mol. The molecule has 0 aliphatic carbocycles. The van der Waals surface area contributed by atoms with Gasteiger partial charge in [0.1, 0.15) is 0 Å². The average molecular weight is 267 g/mol. The molecule has 1 rings (SSSR count). The van der Waals surface area contributed by atoms with Crippen molar-refractivity contribution >= 4 is 5.97 Å². The van der Waals surface area contributed by atoms with Crippen LogP contribution < -0.4 is 0 Å². The summed E-state index contributed by atoms with van der Waals surface area (Å²) in [4.78, 5) is 13.5. The van der Waals surface area contributed by atoms with E-state index in [0.29, 0.717) is 25.7 Å². The molecular formula is C14H25N3O2. The SMILES string of the molecule is CCOC(=O)CN(CC)Cc1ccn(C(C)CC)n1. The number of likely N-dealkylation sites (N-methyl/N-ethyl adjacent to an activating group) is 1. The predicted octanol–water partition coefficient (Wildman–Crippen LogP) is 2.24. The molecule has 0 radical (unpaired) electrons. The van der Waals surface area contributed by atoms with Gasteiger partial charge in [0, 0.05) is 18.8 Å². The van der Waals surface area contributed by atoms with Gasteiger partial charge < -0.3 is 4.74 Å².